The number of amides is 2. The summed E-state index contributed by atoms with van der Waals surface area (Å²) in [5, 5.41) is 3.46. The van der Waals surface area contributed by atoms with Crippen LogP contribution >= 0.6 is 0 Å². The van der Waals surface area contributed by atoms with E-state index in [1.807, 2.05) is 43.3 Å². The van der Waals surface area contributed by atoms with Gasteiger partial charge in [0.1, 0.15) is 6.17 Å². The lowest BCUT2D eigenvalue weighted by atomic mass is 10.0. The number of likely N-dealkylation sites (N-methyl/N-ethyl adjacent to an activating group) is 1. The Hall–Kier alpha value is -3.26. The van der Waals surface area contributed by atoms with Crippen LogP contribution in [0.3, 0.4) is 0 Å². The molecule has 32 heavy (non-hydrogen) atoms. The number of benzene rings is 2. The first-order valence-corrected chi connectivity index (χ1v) is 10.7. The maximum Gasteiger partial charge on any atom is 0.262 e. The molecular formula is C24H31N3O5. The fourth-order valence-corrected chi connectivity index (χ4v) is 3.64. The van der Waals surface area contributed by atoms with Gasteiger partial charge in [-0.2, -0.15) is 0 Å². The maximum absolute atomic E-state index is 13.2. The van der Waals surface area contributed by atoms with Crippen LogP contribution in [0.25, 0.3) is 0 Å². The lowest BCUT2D eigenvalue weighted by molar-refractivity contribution is -0.135. The molecule has 0 spiro atoms. The molecule has 0 aliphatic carbocycles. The summed E-state index contributed by atoms with van der Waals surface area (Å²) in [6.07, 6.45) is -1.06. The first-order valence-electron chi connectivity index (χ1n) is 10.7. The van der Waals surface area contributed by atoms with E-state index in [4.69, 9.17) is 14.2 Å². The van der Waals surface area contributed by atoms with Crippen LogP contribution in [0.4, 0.5) is 5.69 Å². The maximum atomic E-state index is 13.2. The molecule has 0 radical (unpaired) electrons. The molecule has 3 rings (SSSR count). The Morgan fingerprint density at radius 1 is 1.19 bits per heavy atom. The van der Waals surface area contributed by atoms with E-state index in [9.17, 15) is 9.59 Å². The second-order valence-electron chi connectivity index (χ2n) is 7.72. The van der Waals surface area contributed by atoms with Crippen molar-refractivity contribution < 1.29 is 23.8 Å². The van der Waals surface area contributed by atoms with E-state index in [0.717, 1.165) is 11.3 Å². The van der Waals surface area contributed by atoms with Crippen LogP contribution in [0.1, 0.15) is 35.9 Å². The van der Waals surface area contributed by atoms with E-state index in [1.54, 1.807) is 39.1 Å². The van der Waals surface area contributed by atoms with E-state index < -0.39 is 12.3 Å². The molecule has 8 nitrogen and oxygen atoms in total. The highest BCUT2D eigenvalue weighted by Gasteiger charge is 2.33. The number of carbonyl (C=O) groups is 2. The van der Waals surface area contributed by atoms with Crippen LogP contribution in [0.5, 0.6) is 11.5 Å². The van der Waals surface area contributed by atoms with E-state index in [2.05, 4.69) is 5.32 Å². The zero-order valence-corrected chi connectivity index (χ0v) is 19.3. The summed E-state index contributed by atoms with van der Waals surface area (Å²) in [5.41, 5.74) is 2.24. The van der Waals surface area contributed by atoms with Gasteiger partial charge in [-0.15, -0.1) is 0 Å². The highest BCUT2D eigenvalue weighted by molar-refractivity contribution is 6.01. The van der Waals surface area contributed by atoms with Crippen LogP contribution in [-0.4, -0.2) is 68.7 Å². The Bertz CT molecular complexity index is 962. The van der Waals surface area contributed by atoms with Crippen molar-refractivity contribution in [2.75, 3.05) is 46.3 Å². The van der Waals surface area contributed by atoms with Gasteiger partial charge in [0.05, 0.1) is 18.8 Å². The molecule has 0 saturated heterocycles. The van der Waals surface area contributed by atoms with E-state index >= 15 is 0 Å². The molecule has 0 aromatic heterocycles. The van der Waals surface area contributed by atoms with Gasteiger partial charge in [0.15, 0.2) is 17.6 Å². The molecule has 172 valence electrons. The SMILES string of the molecule is CCOc1cc([C@@H]2Nc3ccccc3C(=O)N2CCOC)ccc1O[C@@H](C)C(=O)N(C)C. The minimum atomic E-state index is -0.658. The molecule has 1 heterocycles. The minimum absolute atomic E-state index is 0.0649. The van der Waals surface area contributed by atoms with E-state index in [0.29, 0.717) is 36.8 Å². The number of para-hydroxylation sites is 1. The smallest absolute Gasteiger partial charge is 0.262 e. The highest BCUT2D eigenvalue weighted by atomic mass is 16.5. The average Bonchev–Trinajstić information content (AvgIpc) is 2.79. The van der Waals surface area contributed by atoms with Gasteiger partial charge < -0.3 is 29.3 Å². The molecule has 0 unspecified atom stereocenters. The van der Waals surface area contributed by atoms with Crippen LogP contribution < -0.4 is 14.8 Å². The first-order chi connectivity index (χ1) is 15.4. The molecule has 0 bridgehead atoms. The largest absolute Gasteiger partial charge is 0.490 e. The standard InChI is InChI=1S/C24H31N3O5/c1-6-31-21-15-17(11-12-20(21)32-16(2)23(28)26(3)4)22-25-19-10-8-7-9-18(19)24(29)27(22)13-14-30-5/h7-12,15-16,22,25H,6,13-14H2,1-5H3/t16-,22+/m0/s1. The summed E-state index contributed by atoms with van der Waals surface area (Å²) in [6, 6.07) is 13.0. The average molecular weight is 442 g/mol. The van der Waals surface area contributed by atoms with Gasteiger partial charge in [0.2, 0.25) is 0 Å². The van der Waals surface area contributed by atoms with E-state index in [1.165, 1.54) is 4.90 Å². The van der Waals surface area contributed by atoms with Gasteiger partial charge in [-0.1, -0.05) is 18.2 Å². The number of hydrogen-bond acceptors (Lipinski definition) is 6. The fourth-order valence-electron chi connectivity index (χ4n) is 3.64. The summed E-state index contributed by atoms with van der Waals surface area (Å²) < 4.78 is 16.9. The first kappa shape index (κ1) is 23.4. The fraction of sp³-hybridized carbons (Fsp3) is 0.417. The molecule has 2 atom stereocenters. The number of hydrogen-bond donors (Lipinski definition) is 1. The molecule has 1 aliphatic rings. The number of rotatable bonds is 9. The lowest BCUT2D eigenvalue weighted by Crippen LogP contribution is -2.44. The van der Waals surface area contributed by atoms with Gasteiger partial charge >= 0.3 is 0 Å². The summed E-state index contributed by atoms with van der Waals surface area (Å²) in [7, 11) is 4.99. The monoisotopic (exact) mass is 441 g/mol. The summed E-state index contributed by atoms with van der Waals surface area (Å²) >= 11 is 0. The number of carbonyl (C=O) groups excluding carboxylic acids is 2. The number of fused-ring (bicyclic) bond motifs is 1. The van der Waals surface area contributed by atoms with Crippen LogP contribution in [0, 0.1) is 0 Å². The van der Waals surface area contributed by atoms with Crippen molar-refractivity contribution in [2.24, 2.45) is 0 Å². The molecule has 1 N–H and O–H groups in total. The third kappa shape index (κ3) is 4.96. The number of nitrogens with one attached hydrogen (secondary N) is 1. The van der Waals surface area contributed by atoms with E-state index in [-0.39, 0.29) is 11.8 Å². The number of anilines is 1. The summed E-state index contributed by atoms with van der Waals surface area (Å²) in [6.45, 7) is 4.86. The Kier molecular flexibility index (Phi) is 7.58. The molecular weight excluding hydrogens is 410 g/mol. The Morgan fingerprint density at radius 2 is 1.94 bits per heavy atom. The van der Waals surface area contributed by atoms with Gasteiger partial charge in [-0.3, -0.25) is 9.59 Å². The molecule has 2 aromatic rings. The summed E-state index contributed by atoms with van der Waals surface area (Å²) in [5.74, 6) is 0.788. The topological polar surface area (TPSA) is 80.3 Å². The lowest BCUT2D eigenvalue weighted by Gasteiger charge is -2.38. The van der Waals surface area contributed by atoms with Gasteiger partial charge in [-0.05, 0) is 43.7 Å². The molecule has 0 fully saturated rings. The molecule has 0 saturated carbocycles. The van der Waals surface area contributed by atoms with Gasteiger partial charge in [0, 0.05) is 33.4 Å². The third-order valence-corrected chi connectivity index (χ3v) is 5.23. The Labute approximate surface area is 189 Å². The van der Waals surface area contributed by atoms with Crippen LogP contribution in [-0.2, 0) is 9.53 Å². The van der Waals surface area contributed by atoms with Crippen LogP contribution in [0.15, 0.2) is 42.5 Å². The molecule has 2 amide bonds. The van der Waals surface area contributed by atoms with Gasteiger partial charge in [0.25, 0.3) is 11.8 Å². The van der Waals surface area contributed by atoms with Crippen molar-refractivity contribution >= 4 is 17.5 Å². The van der Waals surface area contributed by atoms with Crippen molar-refractivity contribution in [3.8, 4) is 11.5 Å². The Balaban J connectivity index is 1.95. The van der Waals surface area contributed by atoms with Gasteiger partial charge in [-0.25, -0.2) is 0 Å². The van der Waals surface area contributed by atoms with Crippen molar-refractivity contribution in [3.63, 3.8) is 0 Å². The molecule has 1 aliphatic heterocycles. The predicted octanol–water partition coefficient (Wildman–Crippen LogP) is 3.15. The third-order valence-electron chi connectivity index (χ3n) is 5.23. The number of ether oxygens (including phenoxy) is 3. The summed E-state index contributed by atoms with van der Waals surface area (Å²) in [4.78, 5) is 28.7. The van der Waals surface area contributed by atoms with Crippen molar-refractivity contribution in [1.82, 2.24) is 9.80 Å². The normalized spacial score (nSPS) is 16.1. The molecule has 2 aromatic carbocycles. The minimum Gasteiger partial charge on any atom is -0.490 e. The predicted molar refractivity (Wildman–Crippen MR) is 122 cm³/mol. The number of methoxy groups -OCH3 is 1. The number of nitrogens with zero attached hydrogens (tertiary/aromatic N) is 2. The van der Waals surface area contributed by atoms with Crippen LogP contribution in [0.2, 0.25) is 0 Å². The van der Waals surface area contributed by atoms with Crippen molar-refractivity contribution in [2.45, 2.75) is 26.1 Å². The second kappa shape index (κ2) is 10.4. The zero-order chi connectivity index (χ0) is 23.3. The quantitative estimate of drug-likeness (QED) is 0.644. The van der Waals surface area contributed by atoms with Crippen molar-refractivity contribution in [1.29, 1.82) is 0 Å². The Morgan fingerprint density at radius 3 is 2.62 bits per heavy atom. The zero-order valence-electron chi connectivity index (χ0n) is 19.3. The van der Waals surface area contributed by atoms with Crippen molar-refractivity contribution in [3.05, 3.63) is 53.6 Å². The second-order valence-corrected chi connectivity index (χ2v) is 7.72. The molecule has 8 heteroatoms. The highest BCUT2D eigenvalue weighted by Crippen LogP contribution is 2.37.